The Morgan fingerprint density at radius 2 is 2.05 bits per heavy atom. The van der Waals surface area contributed by atoms with Crippen LogP contribution in [0.5, 0.6) is 5.75 Å². The quantitative estimate of drug-likeness (QED) is 0.797. The van der Waals surface area contributed by atoms with Gasteiger partial charge in [0.25, 0.3) is 0 Å². The molecule has 0 aliphatic carbocycles. The summed E-state index contributed by atoms with van der Waals surface area (Å²) in [4.78, 5) is 0. The van der Waals surface area contributed by atoms with Crippen LogP contribution in [0.15, 0.2) is 18.2 Å². The van der Waals surface area contributed by atoms with Crippen LogP contribution >= 0.6 is 0 Å². The van der Waals surface area contributed by atoms with Gasteiger partial charge in [-0.1, -0.05) is 26.0 Å². The van der Waals surface area contributed by atoms with Crippen LogP contribution in [0.25, 0.3) is 0 Å². The van der Waals surface area contributed by atoms with Gasteiger partial charge in [0.05, 0.1) is 12.2 Å². The minimum absolute atomic E-state index is 0.0805. The van der Waals surface area contributed by atoms with Crippen molar-refractivity contribution in [2.75, 3.05) is 13.2 Å². The van der Waals surface area contributed by atoms with E-state index in [1.165, 1.54) is 11.1 Å². The molecule has 0 bridgehead atoms. The first-order valence-corrected chi connectivity index (χ1v) is 8.29. The van der Waals surface area contributed by atoms with E-state index in [2.05, 4.69) is 32.0 Å². The van der Waals surface area contributed by atoms with Crippen molar-refractivity contribution < 1.29 is 9.47 Å². The molecule has 0 fully saturated rings. The number of hydrogen-bond donors (Lipinski definition) is 1. The molecule has 0 amide bonds. The Balaban J connectivity index is 1.98. The smallest absolute Gasteiger partial charge is 0.122 e. The van der Waals surface area contributed by atoms with Crippen LogP contribution < -0.4 is 10.5 Å². The second-order valence-corrected chi connectivity index (χ2v) is 5.89. The Morgan fingerprint density at radius 3 is 2.71 bits per heavy atom. The number of hydrogen-bond acceptors (Lipinski definition) is 3. The van der Waals surface area contributed by atoms with Crippen molar-refractivity contribution in [3.8, 4) is 5.75 Å². The number of aryl methyl sites for hydroxylation is 1. The fourth-order valence-corrected chi connectivity index (χ4v) is 3.35. The van der Waals surface area contributed by atoms with E-state index in [9.17, 15) is 0 Å². The van der Waals surface area contributed by atoms with Gasteiger partial charge in [-0.25, -0.2) is 0 Å². The minimum atomic E-state index is -0.172. The van der Waals surface area contributed by atoms with Crippen LogP contribution in [0.1, 0.15) is 51.2 Å². The molecular weight excluding hydrogens is 262 g/mol. The largest absolute Gasteiger partial charge is 0.493 e. The summed E-state index contributed by atoms with van der Waals surface area (Å²) >= 11 is 0. The van der Waals surface area contributed by atoms with Crippen molar-refractivity contribution in [1.82, 2.24) is 0 Å². The third-order valence-electron chi connectivity index (χ3n) is 4.80. The summed E-state index contributed by atoms with van der Waals surface area (Å²) in [5, 5.41) is 0. The molecule has 1 aromatic rings. The predicted octanol–water partition coefficient (Wildman–Crippen LogP) is 3.48. The molecule has 1 aliphatic heterocycles. The standard InChI is InChI=1S/C18H29NO2/c1-4-18(5-2,21-6-3)17(19)10-8-14-7-9-16-15(13-14)11-12-20-16/h7,9,13,17H,4-6,8,10-12,19H2,1-3H3. The normalized spacial score (nSPS) is 15.6. The average Bonchev–Trinajstić information content (AvgIpc) is 2.98. The monoisotopic (exact) mass is 291 g/mol. The molecule has 0 radical (unpaired) electrons. The fourth-order valence-electron chi connectivity index (χ4n) is 3.35. The van der Waals surface area contributed by atoms with E-state index in [-0.39, 0.29) is 11.6 Å². The summed E-state index contributed by atoms with van der Waals surface area (Å²) in [6, 6.07) is 6.61. The maximum atomic E-state index is 6.47. The van der Waals surface area contributed by atoms with E-state index in [1.807, 2.05) is 6.92 Å². The Kier molecular flexibility index (Phi) is 5.65. The maximum absolute atomic E-state index is 6.47. The first kappa shape index (κ1) is 16.3. The molecule has 0 saturated carbocycles. The van der Waals surface area contributed by atoms with Gasteiger partial charge in [-0.05, 0) is 49.8 Å². The highest BCUT2D eigenvalue weighted by atomic mass is 16.5. The average molecular weight is 291 g/mol. The van der Waals surface area contributed by atoms with Gasteiger partial charge in [-0.3, -0.25) is 0 Å². The zero-order valence-corrected chi connectivity index (χ0v) is 13.7. The van der Waals surface area contributed by atoms with Crippen LogP contribution in [-0.2, 0) is 17.6 Å². The molecule has 2 rings (SSSR count). The van der Waals surface area contributed by atoms with Crippen LogP contribution in [-0.4, -0.2) is 24.9 Å². The van der Waals surface area contributed by atoms with Gasteiger partial charge in [-0.15, -0.1) is 0 Å². The second kappa shape index (κ2) is 7.28. The highest BCUT2D eigenvalue weighted by molar-refractivity contribution is 5.39. The lowest BCUT2D eigenvalue weighted by molar-refractivity contribution is -0.0649. The zero-order valence-electron chi connectivity index (χ0n) is 13.7. The van der Waals surface area contributed by atoms with Gasteiger partial charge >= 0.3 is 0 Å². The van der Waals surface area contributed by atoms with Crippen molar-refractivity contribution in [2.45, 2.75) is 64.5 Å². The summed E-state index contributed by atoms with van der Waals surface area (Å²) in [7, 11) is 0. The van der Waals surface area contributed by atoms with Crippen molar-refractivity contribution in [3.63, 3.8) is 0 Å². The molecule has 3 heteroatoms. The summed E-state index contributed by atoms with van der Waals surface area (Å²) in [5.74, 6) is 1.05. The number of fused-ring (bicyclic) bond motifs is 1. The Labute approximate surface area is 128 Å². The molecule has 3 nitrogen and oxygen atoms in total. The molecule has 0 saturated heterocycles. The summed E-state index contributed by atoms with van der Waals surface area (Å²) in [6.07, 6.45) is 4.93. The molecule has 118 valence electrons. The Bertz CT molecular complexity index is 455. The van der Waals surface area contributed by atoms with Crippen LogP contribution in [0.2, 0.25) is 0 Å². The SMILES string of the molecule is CCOC(CC)(CC)C(N)CCc1ccc2c(c1)CCO2. The second-order valence-electron chi connectivity index (χ2n) is 5.89. The summed E-state index contributed by atoms with van der Waals surface area (Å²) < 4.78 is 11.6. The third-order valence-corrected chi connectivity index (χ3v) is 4.80. The lowest BCUT2D eigenvalue weighted by Gasteiger charge is -2.37. The molecular formula is C18H29NO2. The Morgan fingerprint density at radius 1 is 1.29 bits per heavy atom. The van der Waals surface area contributed by atoms with Crippen molar-refractivity contribution in [2.24, 2.45) is 5.73 Å². The van der Waals surface area contributed by atoms with Gasteiger partial charge in [0, 0.05) is 19.1 Å². The van der Waals surface area contributed by atoms with Crippen molar-refractivity contribution in [1.29, 1.82) is 0 Å². The van der Waals surface area contributed by atoms with Crippen LogP contribution in [0.3, 0.4) is 0 Å². The highest BCUT2D eigenvalue weighted by Crippen LogP contribution is 2.29. The fraction of sp³-hybridized carbons (Fsp3) is 0.667. The van der Waals surface area contributed by atoms with Gasteiger partial charge < -0.3 is 15.2 Å². The molecule has 1 aliphatic rings. The molecule has 2 N–H and O–H groups in total. The van der Waals surface area contributed by atoms with E-state index in [0.717, 1.165) is 51.1 Å². The molecule has 0 aromatic heterocycles. The topological polar surface area (TPSA) is 44.5 Å². The first-order chi connectivity index (χ1) is 10.1. The van der Waals surface area contributed by atoms with Gasteiger partial charge in [0.1, 0.15) is 5.75 Å². The molecule has 1 heterocycles. The van der Waals surface area contributed by atoms with Crippen molar-refractivity contribution in [3.05, 3.63) is 29.3 Å². The summed E-state index contributed by atoms with van der Waals surface area (Å²) in [5.41, 5.74) is 8.99. The third kappa shape index (κ3) is 3.58. The zero-order chi connectivity index (χ0) is 15.3. The van der Waals surface area contributed by atoms with E-state index in [0.29, 0.717) is 0 Å². The number of benzene rings is 1. The minimum Gasteiger partial charge on any atom is -0.493 e. The lowest BCUT2D eigenvalue weighted by atomic mass is 9.85. The van der Waals surface area contributed by atoms with Gasteiger partial charge in [0.15, 0.2) is 0 Å². The van der Waals surface area contributed by atoms with Gasteiger partial charge in [-0.2, -0.15) is 0 Å². The summed E-state index contributed by atoms with van der Waals surface area (Å²) in [6.45, 7) is 7.94. The van der Waals surface area contributed by atoms with E-state index in [4.69, 9.17) is 15.2 Å². The van der Waals surface area contributed by atoms with Crippen LogP contribution in [0.4, 0.5) is 0 Å². The number of rotatable bonds is 8. The Hall–Kier alpha value is -1.06. The van der Waals surface area contributed by atoms with E-state index < -0.39 is 0 Å². The first-order valence-electron chi connectivity index (χ1n) is 8.29. The molecule has 21 heavy (non-hydrogen) atoms. The number of ether oxygens (including phenoxy) is 2. The molecule has 0 spiro atoms. The lowest BCUT2D eigenvalue weighted by Crippen LogP contribution is -2.49. The highest BCUT2D eigenvalue weighted by Gasteiger charge is 2.33. The van der Waals surface area contributed by atoms with E-state index in [1.54, 1.807) is 0 Å². The molecule has 1 unspecified atom stereocenters. The van der Waals surface area contributed by atoms with Crippen LogP contribution in [0, 0.1) is 0 Å². The van der Waals surface area contributed by atoms with Crippen molar-refractivity contribution >= 4 is 0 Å². The molecule has 1 atom stereocenters. The van der Waals surface area contributed by atoms with E-state index >= 15 is 0 Å². The molecule has 1 aromatic carbocycles. The number of nitrogens with two attached hydrogens (primary N) is 1. The van der Waals surface area contributed by atoms with Gasteiger partial charge in [0.2, 0.25) is 0 Å². The maximum Gasteiger partial charge on any atom is 0.122 e. The predicted molar refractivity (Wildman–Crippen MR) is 86.9 cm³/mol.